The summed E-state index contributed by atoms with van der Waals surface area (Å²) in [6.45, 7) is 1.02. The molecule has 6 nitrogen and oxygen atoms in total. The quantitative estimate of drug-likeness (QED) is 0.611. The van der Waals surface area contributed by atoms with Crippen LogP contribution >= 0.6 is 0 Å². The van der Waals surface area contributed by atoms with E-state index in [0.717, 1.165) is 0 Å². The first kappa shape index (κ1) is 13.2. The fraction of sp³-hybridized carbons (Fsp3) is 0.500. The minimum Gasteiger partial charge on any atom is -0.347 e. The van der Waals surface area contributed by atoms with Crippen molar-refractivity contribution in [2.75, 3.05) is 13.2 Å². The van der Waals surface area contributed by atoms with Gasteiger partial charge in [-0.1, -0.05) is 18.2 Å². The topological polar surface area (TPSA) is 78.7 Å². The highest BCUT2D eigenvalue weighted by Gasteiger charge is 2.46. The Kier molecular flexibility index (Phi) is 3.27. The number of nitro benzene ring substituents is 1. The molecule has 1 heterocycles. The summed E-state index contributed by atoms with van der Waals surface area (Å²) in [4.78, 5) is 22.8. The molecule has 1 unspecified atom stereocenters. The molecular weight excluding hydrogens is 262 g/mol. The Bertz CT molecular complexity index is 550. The Balaban J connectivity index is 1.95. The molecule has 0 amide bonds. The van der Waals surface area contributed by atoms with Gasteiger partial charge in [0, 0.05) is 30.9 Å². The van der Waals surface area contributed by atoms with E-state index in [1.165, 1.54) is 6.07 Å². The number of rotatable bonds is 2. The summed E-state index contributed by atoms with van der Waals surface area (Å²) in [6.07, 6.45) is 1.22. The van der Waals surface area contributed by atoms with Crippen molar-refractivity contribution in [3.05, 3.63) is 39.9 Å². The first-order chi connectivity index (χ1) is 9.61. The van der Waals surface area contributed by atoms with Gasteiger partial charge in [0.2, 0.25) is 0 Å². The normalized spacial score (nSPS) is 25.0. The Morgan fingerprint density at radius 1 is 1.25 bits per heavy atom. The van der Waals surface area contributed by atoms with E-state index in [1.54, 1.807) is 18.2 Å². The number of hydrogen-bond acceptors (Lipinski definition) is 5. The fourth-order valence-corrected chi connectivity index (χ4v) is 3.01. The molecule has 0 radical (unpaired) electrons. The van der Waals surface area contributed by atoms with E-state index in [-0.39, 0.29) is 11.5 Å². The molecule has 1 aromatic carbocycles. The number of ether oxygens (including phenoxy) is 2. The zero-order valence-corrected chi connectivity index (χ0v) is 10.9. The molecule has 1 aliphatic heterocycles. The summed E-state index contributed by atoms with van der Waals surface area (Å²) in [7, 11) is 0. The number of hydrogen-bond donors (Lipinski definition) is 0. The lowest BCUT2D eigenvalue weighted by Gasteiger charge is -2.35. The maximum Gasteiger partial charge on any atom is 0.273 e. The van der Waals surface area contributed by atoms with Gasteiger partial charge in [0.05, 0.1) is 24.1 Å². The van der Waals surface area contributed by atoms with E-state index in [2.05, 4.69) is 0 Å². The van der Waals surface area contributed by atoms with E-state index >= 15 is 0 Å². The van der Waals surface area contributed by atoms with Gasteiger partial charge in [0.25, 0.3) is 5.69 Å². The number of benzene rings is 1. The van der Waals surface area contributed by atoms with Crippen LogP contribution in [0.2, 0.25) is 0 Å². The molecule has 2 aliphatic rings. The third-order valence-electron chi connectivity index (χ3n) is 3.98. The maximum absolute atomic E-state index is 12.2. The number of carbonyl (C=O) groups is 1. The predicted molar refractivity (Wildman–Crippen MR) is 69.3 cm³/mol. The second-order valence-corrected chi connectivity index (χ2v) is 5.15. The predicted octanol–water partition coefficient (Wildman–Crippen LogP) is 2.17. The molecule has 1 saturated heterocycles. The third kappa shape index (κ3) is 2.21. The smallest absolute Gasteiger partial charge is 0.273 e. The summed E-state index contributed by atoms with van der Waals surface area (Å²) in [5, 5.41) is 11.1. The first-order valence-electron chi connectivity index (χ1n) is 6.65. The Morgan fingerprint density at radius 2 is 1.95 bits per heavy atom. The van der Waals surface area contributed by atoms with Crippen LogP contribution in [0.25, 0.3) is 0 Å². The number of Topliss-reactive ketones (excluding diaryl/α,β-unsaturated/α-hetero) is 1. The number of ketones is 1. The fourth-order valence-electron chi connectivity index (χ4n) is 3.01. The molecule has 106 valence electrons. The molecule has 0 N–H and O–H groups in total. The summed E-state index contributed by atoms with van der Waals surface area (Å²) in [5.41, 5.74) is 0.446. The molecule has 2 fully saturated rings. The zero-order chi connectivity index (χ0) is 14.2. The van der Waals surface area contributed by atoms with Gasteiger partial charge in [0.15, 0.2) is 5.79 Å². The van der Waals surface area contributed by atoms with Gasteiger partial charge in [0.1, 0.15) is 5.78 Å². The van der Waals surface area contributed by atoms with Crippen LogP contribution in [0.1, 0.15) is 30.7 Å². The van der Waals surface area contributed by atoms with Crippen LogP contribution in [-0.4, -0.2) is 29.7 Å². The zero-order valence-electron chi connectivity index (χ0n) is 10.9. The molecule has 1 aromatic rings. The van der Waals surface area contributed by atoms with Crippen LogP contribution in [0, 0.1) is 10.1 Å². The molecular formula is C14H15NO5. The molecule has 1 atom stereocenters. The molecule has 20 heavy (non-hydrogen) atoms. The van der Waals surface area contributed by atoms with Crippen LogP contribution in [0.5, 0.6) is 0 Å². The van der Waals surface area contributed by atoms with E-state index in [0.29, 0.717) is 38.0 Å². The SMILES string of the molecule is O=C1CCC2(CC1c1ccccc1[N+](=O)[O-])OCCO2. The van der Waals surface area contributed by atoms with E-state index < -0.39 is 16.6 Å². The second kappa shape index (κ2) is 4.96. The standard InChI is InChI=1S/C14H15NO5/c16-13-5-6-14(19-7-8-20-14)9-11(13)10-3-1-2-4-12(10)15(17)18/h1-4,11H,5-9H2. The summed E-state index contributed by atoms with van der Waals surface area (Å²) in [6, 6.07) is 6.40. The van der Waals surface area contributed by atoms with Crippen LogP contribution in [0.3, 0.4) is 0 Å². The van der Waals surface area contributed by atoms with E-state index in [4.69, 9.17) is 9.47 Å². The van der Waals surface area contributed by atoms with Gasteiger partial charge in [-0.25, -0.2) is 0 Å². The van der Waals surface area contributed by atoms with Crippen molar-refractivity contribution >= 4 is 11.5 Å². The first-order valence-corrected chi connectivity index (χ1v) is 6.65. The molecule has 0 bridgehead atoms. The van der Waals surface area contributed by atoms with Gasteiger partial charge in [-0.3, -0.25) is 14.9 Å². The van der Waals surface area contributed by atoms with Crippen molar-refractivity contribution in [2.45, 2.75) is 31.0 Å². The van der Waals surface area contributed by atoms with Gasteiger partial charge >= 0.3 is 0 Å². The summed E-state index contributed by atoms with van der Waals surface area (Å²) < 4.78 is 11.3. The van der Waals surface area contributed by atoms with Crippen LogP contribution in [0.15, 0.2) is 24.3 Å². The minimum atomic E-state index is -0.734. The largest absolute Gasteiger partial charge is 0.347 e. The maximum atomic E-state index is 12.2. The number of nitrogens with zero attached hydrogens (tertiary/aromatic N) is 1. The number of para-hydroxylation sites is 1. The summed E-state index contributed by atoms with van der Waals surface area (Å²) >= 11 is 0. The van der Waals surface area contributed by atoms with Crippen molar-refractivity contribution in [1.82, 2.24) is 0 Å². The van der Waals surface area contributed by atoms with Crippen molar-refractivity contribution in [3.63, 3.8) is 0 Å². The van der Waals surface area contributed by atoms with Crippen molar-refractivity contribution in [1.29, 1.82) is 0 Å². The van der Waals surface area contributed by atoms with Crippen molar-refractivity contribution < 1.29 is 19.2 Å². The lowest BCUT2D eigenvalue weighted by molar-refractivity contribution is -0.385. The van der Waals surface area contributed by atoms with Crippen LogP contribution in [-0.2, 0) is 14.3 Å². The van der Waals surface area contributed by atoms with E-state index in [1.807, 2.05) is 0 Å². The molecule has 3 rings (SSSR count). The molecule has 1 spiro atoms. The monoisotopic (exact) mass is 277 g/mol. The number of nitro groups is 1. The summed E-state index contributed by atoms with van der Waals surface area (Å²) in [5.74, 6) is -1.24. The van der Waals surface area contributed by atoms with E-state index in [9.17, 15) is 14.9 Å². The average molecular weight is 277 g/mol. The molecule has 6 heteroatoms. The van der Waals surface area contributed by atoms with Gasteiger partial charge in [-0.05, 0) is 0 Å². The minimum absolute atomic E-state index is 0.0131. The third-order valence-corrected chi connectivity index (χ3v) is 3.98. The van der Waals surface area contributed by atoms with Gasteiger partial charge in [-0.15, -0.1) is 0 Å². The lowest BCUT2D eigenvalue weighted by atomic mass is 9.79. The van der Waals surface area contributed by atoms with Gasteiger partial charge in [-0.2, -0.15) is 0 Å². The van der Waals surface area contributed by atoms with Crippen LogP contribution < -0.4 is 0 Å². The Morgan fingerprint density at radius 3 is 2.65 bits per heavy atom. The lowest BCUT2D eigenvalue weighted by Crippen LogP contribution is -2.39. The molecule has 1 aliphatic carbocycles. The van der Waals surface area contributed by atoms with Crippen LogP contribution in [0.4, 0.5) is 5.69 Å². The van der Waals surface area contributed by atoms with Crippen molar-refractivity contribution in [3.8, 4) is 0 Å². The highest BCUT2D eigenvalue weighted by molar-refractivity contribution is 5.87. The Labute approximate surface area is 115 Å². The molecule has 1 saturated carbocycles. The highest BCUT2D eigenvalue weighted by atomic mass is 16.7. The Hall–Kier alpha value is -1.79. The highest BCUT2D eigenvalue weighted by Crippen LogP contribution is 2.43. The van der Waals surface area contributed by atoms with Gasteiger partial charge < -0.3 is 9.47 Å². The average Bonchev–Trinajstić information content (AvgIpc) is 2.90. The number of carbonyl (C=O) groups excluding carboxylic acids is 1. The molecule has 0 aromatic heterocycles. The second-order valence-electron chi connectivity index (χ2n) is 5.15. The van der Waals surface area contributed by atoms with Crippen molar-refractivity contribution in [2.24, 2.45) is 0 Å².